The third-order valence-electron chi connectivity index (χ3n) is 6.13. The first-order chi connectivity index (χ1) is 10.4. The summed E-state index contributed by atoms with van der Waals surface area (Å²) < 4.78 is 6.43. The van der Waals surface area contributed by atoms with Gasteiger partial charge in [0, 0.05) is 6.54 Å². The van der Waals surface area contributed by atoms with Crippen molar-refractivity contribution in [3.05, 3.63) is 0 Å². The standard InChI is InChI=1S/C18H33NO3/c1-16-7-14-8-17(2,11-16)13-18(9-14,12-16)22-6-5-19-4-3-15(21)10-20/h14-15,19-21H,3-13H2,1-2H3/t14?,15-,16?,17?,18?/m0/s1. The Hall–Kier alpha value is -0.160. The van der Waals surface area contributed by atoms with E-state index >= 15 is 0 Å². The van der Waals surface area contributed by atoms with E-state index in [0.717, 1.165) is 25.6 Å². The Balaban J connectivity index is 1.45. The third-order valence-corrected chi connectivity index (χ3v) is 6.13. The van der Waals surface area contributed by atoms with Crippen LogP contribution in [-0.4, -0.2) is 48.2 Å². The van der Waals surface area contributed by atoms with Crippen molar-refractivity contribution in [1.82, 2.24) is 5.32 Å². The molecule has 4 heteroatoms. The van der Waals surface area contributed by atoms with Crippen molar-refractivity contribution in [3.63, 3.8) is 0 Å². The van der Waals surface area contributed by atoms with Crippen LogP contribution >= 0.6 is 0 Å². The minimum Gasteiger partial charge on any atom is -0.394 e. The van der Waals surface area contributed by atoms with Crippen molar-refractivity contribution in [3.8, 4) is 0 Å². The fraction of sp³-hybridized carbons (Fsp3) is 1.00. The molecule has 4 bridgehead atoms. The van der Waals surface area contributed by atoms with Crippen molar-refractivity contribution in [2.45, 2.75) is 70.5 Å². The SMILES string of the molecule is CC12CC3CC(C)(C1)CC(OCCNCC[C@H](O)CO)(C3)C2. The topological polar surface area (TPSA) is 61.7 Å². The van der Waals surface area contributed by atoms with Crippen LogP contribution in [-0.2, 0) is 4.74 Å². The van der Waals surface area contributed by atoms with Gasteiger partial charge in [0.15, 0.2) is 0 Å². The van der Waals surface area contributed by atoms with Gasteiger partial charge in [0.25, 0.3) is 0 Å². The number of aliphatic hydroxyl groups is 2. The van der Waals surface area contributed by atoms with Crippen LogP contribution in [0, 0.1) is 16.7 Å². The van der Waals surface area contributed by atoms with Gasteiger partial charge < -0.3 is 20.3 Å². The van der Waals surface area contributed by atoms with Crippen LogP contribution in [0.25, 0.3) is 0 Å². The summed E-state index contributed by atoms with van der Waals surface area (Å²) in [7, 11) is 0. The normalized spacial score (nSPS) is 44.5. The zero-order valence-electron chi connectivity index (χ0n) is 14.2. The van der Waals surface area contributed by atoms with Crippen LogP contribution < -0.4 is 5.32 Å². The van der Waals surface area contributed by atoms with Gasteiger partial charge in [-0.05, 0) is 68.2 Å². The van der Waals surface area contributed by atoms with E-state index in [-0.39, 0.29) is 12.2 Å². The van der Waals surface area contributed by atoms with E-state index in [1.165, 1.54) is 38.5 Å². The first-order valence-electron chi connectivity index (χ1n) is 9.00. The summed E-state index contributed by atoms with van der Waals surface area (Å²) >= 11 is 0. The van der Waals surface area contributed by atoms with Gasteiger partial charge in [0.05, 0.1) is 24.9 Å². The molecule has 0 aromatic heterocycles. The van der Waals surface area contributed by atoms with Crippen LogP contribution in [0.1, 0.15) is 58.8 Å². The molecule has 0 aromatic carbocycles. The number of rotatable bonds is 8. The lowest BCUT2D eigenvalue weighted by molar-refractivity contribution is -0.213. The Kier molecular flexibility index (Phi) is 4.59. The van der Waals surface area contributed by atoms with Crippen LogP contribution in [0.4, 0.5) is 0 Å². The van der Waals surface area contributed by atoms with Crippen LogP contribution in [0.2, 0.25) is 0 Å². The molecule has 4 nitrogen and oxygen atoms in total. The molecule has 3 atom stereocenters. The van der Waals surface area contributed by atoms with Crippen molar-refractivity contribution >= 4 is 0 Å². The molecule has 0 saturated heterocycles. The summed E-state index contributed by atoms with van der Waals surface area (Å²) in [5.41, 5.74) is 1.15. The van der Waals surface area contributed by atoms with E-state index in [1.54, 1.807) is 0 Å². The van der Waals surface area contributed by atoms with E-state index in [9.17, 15) is 5.11 Å². The van der Waals surface area contributed by atoms with E-state index < -0.39 is 6.10 Å². The molecule has 22 heavy (non-hydrogen) atoms. The highest BCUT2D eigenvalue weighted by atomic mass is 16.5. The number of hydrogen-bond donors (Lipinski definition) is 3. The molecule has 3 N–H and O–H groups in total. The fourth-order valence-electron chi connectivity index (χ4n) is 6.33. The van der Waals surface area contributed by atoms with E-state index in [1.807, 2.05) is 0 Å². The second-order valence-electron chi connectivity index (χ2n) is 9.04. The number of nitrogens with one attached hydrogen (secondary N) is 1. The third kappa shape index (κ3) is 3.50. The van der Waals surface area contributed by atoms with Gasteiger partial charge in [-0.1, -0.05) is 13.8 Å². The lowest BCUT2D eigenvalue weighted by Crippen LogP contribution is -2.59. The summed E-state index contributed by atoms with van der Waals surface area (Å²) in [6, 6.07) is 0. The smallest absolute Gasteiger partial charge is 0.0783 e. The zero-order chi connectivity index (χ0) is 15.8. The zero-order valence-corrected chi connectivity index (χ0v) is 14.2. The lowest BCUT2D eigenvalue weighted by atomic mass is 9.43. The molecule has 2 unspecified atom stereocenters. The second kappa shape index (κ2) is 6.04. The molecular weight excluding hydrogens is 278 g/mol. The van der Waals surface area contributed by atoms with Crippen molar-refractivity contribution in [2.75, 3.05) is 26.3 Å². The van der Waals surface area contributed by atoms with Gasteiger partial charge in [-0.2, -0.15) is 0 Å². The molecule has 0 aromatic rings. The molecule has 4 rings (SSSR count). The Morgan fingerprint density at radius 3 is 2.36 bits per heavy atom. The predicted molar refractivity (Wildman–Crippen MR) is 86.7 cm³/mol. The molecule has 0 amide bonds. The van der Waals surface area contributed by atoms with E-state index in [2.05, 4.69) is 19.2 Å². The summed E-state index contributed by atoms with van der Waals surface area (Å²) in [4.78, 5) is 0. The maximum absolute atomic E-state index is 9.30. The summed E-state index contributed by atoms with van der Waals surface area (Å²) in [6.45, 7) is 7.12. The molecule has 0 spiro atoms. The Morgan fingerprint density at radius 2 is 1.77 bits per heavy atom. The van der Waals surface area contributed by atoms with Crippen molar-refractivity contribution in [2.24, 2.45) is 16.7 Å². The molecule has 4 aliphatic rings. The minimum atomic E-state index is -0.600. The van der Waals surface area contributed by atoms with Crippen LogP contribution in [0.3, 0.4) is 0 Å². The highest BCUT2D eigenvalue weighted by molar-refractivity contribution is 5.11. The van der Waals surface area contributed by atoms with Gasteiger partial charge in [-0.25, -0.2) is 0 Å². The first kappa shape index (κ1) is 16.7. The Labute approximate surface area is 134 Å². The average molecular weight is 311 g/mol. The van der Waals surface area contributed by atoms with Crippen LogP contribution in [0.15, 0.2) is 0 Å². The number of ether oxygens (including phenoxy) is 1. The van der Waals surface area contributed by atoms with E-state index in [4.69, 9.17) is 9.84 Å². The quantitative estimate of drug-likeness (QED) is 0.601. The molecular formula is C18H33NO3. The summed E-state index contributed by atoms with van der Waals surface area (Å²) in [5, 5.41) is 21.4. The summed E-state index contributed by atoms with van der Waals surface area (Å²) in [6.07, 6.45) is 7.96. The molecule has 0 heterocycles. The van der Waals surface area contributed by atoms with Gasteiger partial charge in [0.1, 0.15) is 0 Å². The van der Waals surface area contributed by atoms with Crippen molar-refractivity contribution in [1.29, 1.82) is 0 Å². The second-order valence-corrected chi connectivity index (χ2v) is 9.04. The van der Waals surface area contributed by atoms with Gasteiger partial charge in [-0.15, -0.1) is 0 Å². The molecule has 4 fully saturated rings. The Morgan fingerprint density at radius 1 is 1.09 bits per heavy atom. The monoisotopic (exact) mass is 311 g/mol. The van der Waals surface area contributed by atoms with Gasteiger partial charge >= 0.3 is 0 Å². The highest BCUT2D eigenvalue weighted by Crippen LogP contribution is 2.67. The highest BCUT2D eigenvalue weighted by Gasteiger charge is 2.60. The molecule has 0 radical (unpaired) electrons. The molecule has 4 aliphatic carbocycles. The molecule has 128 valence electrons. The predicted octanol–water partition coefficient (Wildman–Crippen LogP) is 2.08. The molecule has 4 saturated carbocycles. The lowest BCUT2D eigenvalue weighted by Gasteiger charge is -2.65. The van der Waals surface area contributed by atoms with Gasteiger partial charge in [0.2, 0.25) is 0 Å². The number of hydrogen-bond acceptors (Lipinski definition) is 4. The fourth-order valence-corrected chi connectivity index (χ4v) is 6.33. The molecule has 0 aliphatic heterocycles. The van der Waals surface area contributed by atoms with Crippen molar-refractivity contribution < 1.29 is 14.9 Å². The van der Waals surface area contributed by atoms with Crippen LogP contribution in [0.5, 0.6) is 0 Å². The minimum absolute atomic E-state index is 0.134. The maximum Gasteiger partial charge on any atom is 0.0783 e. The van der Waals surface area contributed by atoms with Gasteiger partial charge in [-0.3, -0.25) is 0 Å². The Bertz CT molecular complexity index is 382. The number of aliphatic hydroxyl groups excluding tert-OH is 2. The largest absolute Gasteiger partial charge is 0.394 e. The van der Waals surface area contributed by atoms with E-state index in [0.29, 0.717) is 17.3 Å². The summed E-state index contributed by atoms with van der Waals surface area (Å²) in [5.74, 6) is 0.874. The average Bonchev–Trinajstić information content (AvgIpc) is 2.38. The first-order valence-corrected chi connectivity index (χ1v) is 9.00. The maximum atomic E-state index is 9.30.